The van der Waals surface area contributed by atoms with Crippen molar-refractivity contribution in [1.82, 2.24) is 4.98 Å². The van der Waals surface area contributed by atoms with Crippen LogP contribution >= 0.6 is 15.9 Å². The summed E-state index contributed by atoms with van der Waals surface area (Å²) in [5, 5.41) is 8.60. The van der Waals surface area contributed by atoms with Crippen LogP contribution in [0.15, 0.2) is 22.8 Å². The SMILES string of the molecule is COCCN(CCC#N)c1ccc(Br)cn1. The summed E-state index contributed by atoms with van der Waals surface area (Å²) in [7, 11) is 1.66. The molecular weight excluding hydrogens is 270 g/mol. The minimum absolute atomic E-state index is 0.488. The van der Waals surface area contributed by atoms with Crippen molar-refractivity contribution >= 4 is 21.7 Å². The maximum absolute atomic E-state index is 8.60. The Balaban J connectivity index is 2.67. The smallest absolute Gasteiger partial charge is 0.128 e. The summed E-state index contributed by atoms with van der Waals surface area (Å²) >= 11 is 3.34. The van der Waals surface area contributed by atoms with Crippen LogP contribution in [0.5, 0.6) is 0 Å². The quantitative estimate of drug-likeness (QED) is 0.803. The number of pyridine rings is 1. The van der Waals surface area contributed by atoms with Gasteiger partial charge in [-0.3, -0.25) is 0 Å². The van der Waals surface area contributed by atoms with Crippen LogP contribution in [0.1, 0.15) is 6.42 Å². The third-order valence-electron chi connectivity index (χ3n) is 2.09. The Bertz CT molecular complexity index is 347. The maximum atomic E-state index is 8.60. The van der Waals surface area contributed by atoms with Gasteiger partial charge in [-0.05, 0) is 28.1 Å². The molecule has 0 aromatic carbocycles. The van der Waals surface area contributed by atoms with Gasteiger partial charge < -0.3 is 9.64 Å². The molecule has 86 valence electrons. The van der Waals surface area contributed by atoms with E-state index in [-0.39, 0.29) is 0 Å². The van der Waals surface area contributed by atoms with E-state index in [1.54, 1.807) is 13.3 Å². The highest BCUT2D eigenvalue weighted by Crippen LogP contribution is 2.14. The number of methoxy groups -OCH3 is 1. The zero-order valence-electron chi connectivity index (χ0n) is 9.19. The average molecular weight is 284 g/mol. The molecule has 0 fully saturated rings. The molecule has 0 N–H and O–H groups in total. The average Bonchev–Trinajstić information content (AvgIpc) is 2.31. The molecule has 4 nitrogen and oxygen atoms in total. The van der Waals surface area contributed by atoms with Crippen LogP contribution in [-0.4, -0.2) is 31.8 Å². The molecule has 0 unspecified atom stereocenters. The van der Waals surface area contributed by atoms with E-state index in [4.69, 9.17) is 10.00 Å². The van der Waals surface area contributed by atoms with Gasteiger partial charge >= 0.3 is 0 Å². The summed E-state index contributed by atoms with van der Waals surface area (Å²) < 4.78 is 5.98. The summed E-state index contributed by atoms with van der Waals surface area (Å²) in [6.07, 6.45) is 2.24. The van der Waals surface area contributed by atoms with E-state index in [0.717, 1.165) is 16.8 Å². The highest BCUT2D eigenvalue weighted by Gasteiger charge is 2.06. The van der Waals surface area contributed by atoms with Gasteiger partial charge in [0.15, 0.2) is 0 Å². The minimum atomic E-state index is 0.488. The number of ether oxygens (including phenoxy) is 1. The standard InChI is InChI=1S/C11H14BrN3O/c1-16-8-7-15(6-2-5-13)11-4-3-10(12)9-14-11/h3-4,9H,2,6-8H2,1H3. The lowest BCUT2D eigenvalue weighted by Gasteiger charge is -2.22. The fourth-order valence-electron chi connectivity index (χ4n) is 1.28. The van der Waals surface area contributed by atoms with E-state index in [0.29, 0.717) is 19.6 Å². The second-order valence-corrected chi connectivity index (χ2v) is 4.14. The lowest BCUT2D eigenvalue weighted by molar-refractivity contribution is 0.205. The molecule has 0 aliphatic rings. The molecule has 0 saturated carbocycles. The fraction of sp³-hybridized carbons (Fsp3) is 0.455. The van der Waals surface area contributed by atoms with Crippen LogP contribution in [0.3, 0.4) is 0 Å². The number of hydrogen-bond donors (Lipinski definition) is 0. The molecule has 1 aromatic heterocycles. The van der Waals surface area contributed by atoms with Gasteiger partial charge in [-0.15, -0.1) is 0 Å². The van der Waals surface area contributed by atoms with Crippen molar-refractivity contribution < 1.29 is 4.74 Å². The first-order valence-electron chi connectivity index (χ1n) is 5.00. The Kier molecular flexibility index (Phi) is 5.83. The summed E-state index contributed by atoms with van der Waals surface area (Å²) in [5.41, 5.74) is 0. The van der Waals surface area contributed by atoms with Crippen LogP contribution < -0.4 is 4.90 Å². The predicted octanol–water partition coefficient (Wildman–Crippen LogP) is 2.21. The Morgan fingerprint density at radius 2 is 2.31 bits per heavy atom. The zero-order valence-corrected chi connectivity index (χ0v) is 10.8. The van der Waals surface area contributed by atoms with E-state index < -0.39 is 0 Å². The molecule has 0 spiro atoms. The van der Waals surface area contributed by atoms with Gasteiger partial charge in [-0.25, -0.2) is 4.98 Å². The van der Waals surface area contributed by atoms with Crippen LogP contribution in [0.25, 0.3) is 0 Å². The predicted molar refractivity (Wildman–Crippen MR) is 66.3 cm³/mol. The van der Waals surface area contributed by atoms with E-state index >= 15 is 0 Å². The number of nitrogens with zero attached hydrogens (tertiary/aromatic N) is 3. The number of hydrogen-bond acceptors (Lipinski definition) is 4. The number of rotatable bonds is 6. The Morgan fingerprint density at radius 1 is 1.50 bits per heavy atom. The van der Waals surface area contributed by atoms with Crippen molar-refractivity contribution in [3.05, 3.63) is 22.8 Å². The summed E-state index contributed by atoms with van der Waals surface area (Å²) in [6.45, 7) is 2.05. The third-order valence-corrected chi connectivity index (χ3v) is 2.56. The van der Waals surface area contributed by atoms with Crippen molar-refractivity contribution in [2.75, 3.05) is 31.7 Å². The van der Waals surface area contributed by atoms with Crippen molar-refractivity contribution in [2.24, 2.45) is 0 Å². The second-order valence-electron chi connectivity index (χ2n) is 3.22. The van der Waals surface area contributed by atoms with E-state index in [9.17, 15) is 0 Å². The van der Waals surface area contributed by atoms with Gasteiger partial charge in [-0.1, -0.05) is 0 Å². The molecule has 1 aromatic rings. The first kappa shape index (κ1) is 12.9. The van der Waals surface area contributed by atoms with Crippen LogP contribution in [0.4, 0.5) is 5.82 Å². The number of nitriles is 1. The summed E-state index contributed by atoms with van der Waals surface area (Å²) in [6, 6.07) is 6.00. The van der Waals surface area contributed by atoms with E-state index in [1.807, 2.05) is 17.0 Å². The Labute approximate surface area is 104 Å². The Hall–Kier alpha value is -1.12. The van der Waals surface area contributed by atoms with Gasteiger partial charge in [0.05, 0.1) is 19.1 Å². The van der Waals surface area contributed by atoms with Gasteiger partial charge in [0.1, 0.15) is 5.82 Å². The second kappa shape index (κ2) is 7.20. The number of anilines is 1. The molecule has 16 heavy (non-hydrogen) atoms. The van der Waals surface area contributed by atoms with Gasteiger partial charge in [-0.2, -0.15) is 5.26 Å². The summed E-state index contributed by atoms with van der Waals surface area (Å²) in [4.78, 5) is 6.34. The third kappa shape index (κ3) is 4.17. The van der Waals surface area contributed by atoms with E-state index in [2.05, 4.69) is 27.0 Å². The molecule has 1 rings (SSSR count). The van der Waals surface area contributed by atoms with Crippen molar-refractivity contribution in [3.8, 4) is 6.07 Å². The van der Waals surface area contributed by atoms with E-state index in [1.165, 1.54) is 0 Å². The molecule has 0 aliphatic heterocycles. The first-order chi connectivity index (χ1) is 7.77. The molecular formula is C11H14BrN3O. The summed E-state index contributed by atoms with van der Waals surface area (Å²) in [5.74, 6) is 0.871. The van der Waals surface area contributed by atoms with Crippen molar-refractivity contribution in [3.63, 3.8) is 0 Å². The lowest BCUT2D eigenvalue weighted by Crippen LogP contribution is -2.28. The normalized spacial score (nSPS) is 9.81. The van der Waals surface area contributed by atoms with Crippen molar-refractivity contribution in [2.45, 2.75) is 6.42 Å². The molecule has 1 heterocycles. The number of halogens is 1. The molecule has 0 radical (unpaired) electrons. The molecule has 5 heteroatoms. The lowest BCUT2D eigenvalue weighted by atomic mass is 10.3. The van der Waals surface area contributed by atoms with Crippen LogP contribution in [0.2, 0.25) is 0 Å². The highest BCUT2D eigenvalue weighted by atomic mass is 79.9. The largest absolute Gasteiger partial charge is 0.383 e. The fourth-order valence-corrected chi connectivity index (χ4v) is 1.52. The molecule has 0 amide bonds. The van der Waals surface area contributed by atoms with Gasteiger partial charge in [0.2, 0.25) is 0 Å². The van der Waals surface area contributed by atoms with Gasteiger partial charge in [0.25, 0.3) is 0 Å². The zero-order chi connectivity index (χ0) is 11.8. The number of aromatic nitrogens is 1. The van der Waals surface area contributed by atoms with Gasteiger partial charge in [0, 0.05) is 30.9 Å². The van der Waals surface area contributed by atoms with Crippen molar-refractivity contribution in [1.29, 1.82) is 5.26 Å². The molecule has 0 aliphatic carbocycles. The minimum Gasteiger partial charge on any atom is -0.383 e. The van der Waals surface area contributed by atoms with Crippen LogP contribution in [-0.2, 0) is 4.74 Å². The molecule has 0 bridgehead atoms. The molecule has 0 saturated heterocycles. The topological polar surface area (TPSA) is 49.1 Å². The maximum Gasteiger partial charge on any atom is 0.128 e. The van der Waals surface area contributed by atoms with Crippen LogP contribution in [0, 0.1) is 11.3 Å². The highest BCUT2D eigenvalue weighted by molar-refractivity contribution is 9.10. The monoisotopic (exact) mass is 283 g/mol. The Morgan fingerprint density at radius 3 is 2.88 bits per heavy atom. The first-order valence-corrected chi connectivity index (χ1v) is 5.79. The molecule has 0 atom stereocenters.